The highest BCUT2D eigenvalue weighted by atomic mass is 16.4. The van der Waals surface area contributed by atoms with Crippen LogP contribution in [0.3, 0.4) is 0 Å². The van der Waals surface area contributed by atoms with Gasteiger partial charge in [0, 0.05) is 13.1 Å². The number of amides is 1. The fourth-order valence-corrected chi connectivity index (χ4v) is 3.07. The molecule has 1 heterocycles. The summed E-state index contributed by atoms with van der Waals surface area (Å²) in [6, 6.07) is 0. The van der Waals surface area contributed by atoms with Gasteiger partial charge < -0.3 is 15.7 Å². The molecule has 1 aliphatic carbocycles. The Morgan fingerprint density at radius 1 is 1.32 bits per heavy atom. The van der Waals surface area contributed by atoms with Crippen molar-refractivity contribution in [3.05, 3.63) is 0 Å². The SMILES string of the molecule is CC1(C(=O)NCC2CCC(C(=O)O)CC2)CCNC1. The molecule has 2 rings (SSSR count). The largest absolute Gasteiger partial charge is 0.481 e. The summed E-state index contributed by atoms with van der Waals surface area (Å²) in [7, 11) is 0. The molecule has 0 radical (unpaired) electrons. The van der Waals surface area contributed by atoms with Crippen molar-refractivity contribution in [2.24, 2.45) is 17.3 Å². The van der Waals surface area contributed by atoms with Crippen molar-refractivity contribution in [3.8, 4) is 0 Å². The summed E-state index contributed by atoms with van der Waals surface area (Å²) in [6.07, 6.45) is 4.20. The predicted octanol–water partition coefficient (Wildman–Crippen LogP) is 0.993. The zero-order valence-corrected chi connectivity index (χ0v) is 11.6. The standard InChI is InChI=1S/C14H24N2O3/c1-14(6-7-15-9-14)13(19)16-8-10-2-4-11(5-3-10)12(17)18/h10-11,15H,2-9H2,1H3,(H,16,19)(H,17,18). The Labute approximate surface area is 114 Å². The Hall–Kier alpha value is -1.10. The first-order valence-corrected chi connectivity index (χ1v) is 7.23. The summed E-state index contributed by atoms with van der Waals surface area (Å²) < 4.78 is 0. The molecule has 5 nitrogen and oxygen atoms in total. The van der Waals surface area contributed by atoms with Crippen LogP contribution in [0.5, 0.6) is 0 Å². The topological polar surface area (TPSA) is 78.4 Å². The smallest absolute Gasteiger partial charge is 0.306 e. The first-order valence-electron chi connectivity index (χ1n) is 7.23. The quantitative estimate of drug-likeness (QED) is 0.710. The normalized spacial score (nSPS) is 35.0. The second kappa shape index (κ2) is 5.90. The fraction of sp³-hybridized carbons (Fsp3) is 0.857. The van der Waals surface area contributed by atoms with Crippen molar-refractivity contribution in [1.82, 2.24) is 10.6 Å². The van der Waals surface area contributed by atoms with Gasteiger partial charge in [0.15, 0.2) is 0 Å². The fourth-order valence-electron chi connectivity index (χ4n) is 3.07. The van der Waals surface area contributed by atoms with Gasteiger partial charge in [-0.3, -0.25) is 9.59 Å². The highest BCUT2D eigenvalue weighted by Gasteiger charge is 2.36. The average Bonchev–Trinajstić information content (AvgIpc) is 2.84. The minimum Gasteiger partial charge on any atom is -0.481 e. The summed E-state index contributed by atoms with van der Waals surface area (Å²) in [5.74, 6) is -0.272. The van der Waals surface area contributed by atoms with Crippen LogP contribution in [0.25, 0.3) is 0 Å². The third-order valence-electron chi connectivity index (χ3n) is 4.66. The second-order valence-corrected chi connectivity index (χ2v) is 6.25. The van der Waals surface area contributed by atoms with Gasteiger partial charge in [-0.05, 0) is 51.5 Å². The van der Waals surface area contributed by atoms with Gasteiger partial charge in [0.25, 0.3) is 0 Å². The van der Waals surface area contributed by atoms with Crippen LogP contribution in [0.4, 0.5) is 0 Å². The van der Waals surface area contributed by atoms with E-state index < -0.39 is 5.97 Å². The van der Waals surface area contributed by atoms with Crippen molar-refractivity contribution >= 4 is 11.9 Å². The molecule has 1 atom stereocenters. The van der Waals surface area contributed by atoms with E-state index in [4.69, 9.17) is 5.11 Å². The maximum absolute atomic E-state index is 12.1. The number of carbonyl (C=O) groups excluding carboxylic acids is 1. The highest BCUT2D eigenvalue weighted by Crippen LogP contribution is 2.29. The Bertz CT molecular complexity index is 343. The van der Waals surface area contributed by atoms with Crippen LogP contribution < -0.4 is 10.6 Å². The Morgan fingerprint density at radius 2 is 2.00 bits per heavy atom. The van der Waals surface area contributed by atoms with Crippen molar-refractivity contribution in [2.45, 2.75) is 39.0 Å². The van der Waals surface area contributed by atoms with Crippen molar-refractivity contribution in [3.63, 3.8) is 0 Å². The van der Waals surface area contributed by atoms with Crippen molar-refractivity contribution in [1.29, 1.82) is 0 Å². The van der Waals surface area contributed by atoms with Crippen LogP contribution in [-0.2, 0) is 9.59 Å². The monoisotopic (exact) mass is 268 g/mol. The van der Waals surface area contributed by atoms with E-state index in [2.05, 4.69) is 10.6 Å². The van der Waals surface area contributed by atoms with Crippen LogP contribution in [0.2, 0.25) is 0 Å². The van der Waals surface area contributed by atoms with Crippen LogP contribution in [-0.4, -0.2) is 36.6 Å². The number of aliphatic carboxylic acids is 1. The molecule has 1 saturated heterocycles. The Morgan fingerprint density at radius 3 is 2.53 bits per heavy atom. The Kier molecular flexibility index (Phi) is 4.45. The van der Waals surface area contributed by atoms with E-state index >= 15 is 0 Å². The average molecular weight is 268 g/mol. The number of hydrogen-bond donors (Lipinski definition) is 3. The van der Waals surface area contributed by atoms with E-state index in [9.17, 15) is 9.59 Å². The molecule has 0 spiro atoms. The number of nitrogens with one attached hydrogen (secondary N) is 2. The van der Waals surface area contributed by atoms with Gasteiger partial charge in [0.1, 0.15) is 0 Å². The van der Waals surface area contributed by atoms with E-state index in [0.29, 0.717) is 12.5 Å². The van der Waals surface area contributed by atoms with Crippen molar-refractivity contribution in [2.75, 3.05) is 19.6 Å². The molecular formula is C14H24N2O3. The highest BCUT2D eigenvalue weighted by molar-refractivity contribution is 5.82. The minimum atomic E-state index is -0.674. The first-order chi connectivity index (χ1) is 9.01. The van der Waals surface area contributed by atoms with Gasteiger partial charge in [0.05, 0.1) is 11.3 Å². The van der Waals surface area contributed by atoms with Gasteiger partial charge in [-0.25, -0.2) is 0 Å². The lowest BCUT2D eigenvalue weighted by molar-refractivity contribution is -0.143. The van der Waals surface area contributed by atoms with Gasteiger partial charge >= 0.3 is 5.97 Å². The molecule has 3 N–H and O–H groups in total. The maximum Gasteiger partial charge on any atom is 0.306 e. The molecule has 1 amide bonds. The van der Waals surface area contributed by atoms with Gasteiger partial charge in [-0.15, -0.1) is 0 Å². The maximum atomic E-state index is 12.1. The van der Waals surface area contributed by atoms with Gasteiger partial charge in [-0.1, -0.05) is 0 Å². The zero-order chi connectivity index (χ0) is 13.9. The molecule has 0 aromatic heterocycles. The van der Waals surface area contributed by atoms with Crippen LogP contribution >= 0.6 is 0 Å². The van der Waals surface area contributed by atoms with E-state index in [0.717, 1.165) is 45.2 Å². The van der Waals surface area contributed by atoms with Gasteiger partial charge in [-0.2, -0.15) is 0 Å². The minimum absolute atomic E-state index is 0.137. The van der Waals surface area contributed by atoms with Crippen LogP contribution in [0, 0.1) is 17.3 Å². The molecule has 2 fully saturated rings. The predicted molar refractivity (Wildman–Crippen MR) is 71.7 cm³/mol. The first kappa shape index (κ1) is 14.3. The summed E-state index contributed by atoms with van der Waals surface area (Å²) in [5.41, 5.74) is -0.266. The van der Waals surface area contributed by atoms with E-state index in [1.165, 1.54) is 0 Å². The molecule has 5 heteroatoms. The van der Waals surface area contributed by atoms with Crippen LogP contribution in [0.15, 0.2) is 0 Å². The number of carboxylic acid groups (broad SMARTS) is 1. The summed E-state index contributed by atoms with van der Waals surface area (Å²) in [5, 5.41) is 15.2. The number of hydrogen-bond acceptors (Lipinski definition) is 3. The van der Waals surface area contributed by atoms with Crippen molar-refractivity contribution < 1.29 is 14.7 Å². The molecular weight excluding hydrogens is 244 g/mol. The van der Waals surface area contributed by atoms with E-state index in [1.807, 2.05) is 6.92 Å². The molecule has 2 aliphatic rings. The third-order valence-corrected chi connectivity index (χ3v) is 4.66. The zero-order valence-electron chi connectivity index (χ0n) is 11.6. The number of carboxylic acids is 1. The lowest BCUT2D eigenvalue weighted by Crippen LogP contribution is -2.42. The number of rotatable bonds is 4. The third kappa shape index (κ3) is 3.47. The summed E-state index contributed by atoms with van der Waals surface area (Å²) in [6.45, 7) is 4.36. The van der Waals surface area contributed by atoms with Crippen LogP contribution in [0.1, 0.15) is 39.0 Å². The molecule has 0 aromatic rings. The van der Waals surface area contributed by atoms with E-state index in [-0.39, 0.29) is 17.2 Å². The molecule has 1 aliphatic heterocycles. The molecule has 1 unspecified atom stereocenters. The summed E-state index contributed by atoms with van der Waals surface area (Å²) in [4.78, 5) is 23.0. The van der Waals surface area contributed by atoms with E-state index in [1.54, 1.807) is 0 Å². The lowest BCUT2D eigenvalue weighted by atomic mass is 9.81. The number of carbonyl (C=O) groups is 2. The second-order valence-electron chi connectivity index (χ2n) is 6.25. The van der Waals surface area contributed by atoms with Gasteiger partial charge in [0.2, 0.25) is 5.91 Å². The molecule has 0 bridgehead atoms. The Balaban J connectivity index is 1.72. The lowest BCUT2D eigenvalue weighted by Gasteiger charge is -2.28. The molecule has 1 saturated carbocycles. The summed E-state index contributed by atoms with van der Waals surface area (Å²) >= 11 is 0. The molecule has 19 heavy (non-hydrogen) atoms. The molecule has 0 aromatic carbocycles. The molecule has 108 valence electrons.